The monoisotopic (exact) mass is 405 g/mol. The molecule has 1 aliphatic rings. The molecule has 4 nitrogen and oxygen atoms in total. The van der Waals surface area contributed by atoms with Crippen molar-refractivity contribution in [3.05, 3.63) is 27.8 Å². The summed E-state index contributed by atoms with van der Waals surface area (Å²) in [5, 5.41) is 11.7. The number of carboxylic acid groups (broad SMARTS) is 1. The van der Waals surface area contributed by atoms with Gasteiger partial charge in [-0.15, -0.1) is 0 Å². The molecule has 1 fully saturated rings. The summed E-state index contributed by atoms with van der Waals surface area (Å²) < 4.78 is 1.01. The van der Waals surface area contributed by atoms with Gasteiger partial charge in [-0.05, 0) is 58.7 Å². The van der Waals surface area contributed by atoms with Gasteiger partial charge in [-0.1, -0.05) is 12.1 Å². The van der Waals surface area contributed by atoms with Crippen LogP contribution in [0.2, 0.25) is 0 Å². The molecule has 2 N–H and O–H groups in total. The highest BCUT2D eigenvalue weighted by Gasteiger charge is 2.44. The topological polar surface area (TPSA) is 66.4 Å². The third-order valence-electron chi connectivity index (χ3n) is 3.27. The predicted octanol–water partition coefficient (Wildman–Crippen LogP) is 3.22. The molecule has 1 aromatic carbocycles. The van der Waals surface area contributed by atoms with Gasteiger partial charge < -0.3 is 10.4 Å². The number of aliphatic carboxylic acids is 1. The molecule has 0 heterocycles. The number of thioether (sulfide) groups is 1. The minimum Gasteiger partial charge on any atom is -0.481 e. The van der Waals surface area contributed by atoms with Crippen LogP contribution >= 0.6 is 34.4 Å². The number of amides is 1. The van der Waals surface area contributed by atoms with Crippen molar-refractivity contribution in [3.8, 4) is 0 Å². The van der Waals surface area contributed by atoms with Gasteiger partial charge in [-0.25, -0.2) is 0 Å². The van der Waals surface area contributed by atoms with E-state index in [9.17, 15) is 9.59 Å². The number of halogens is 1. The van der Waals surface area contributed by atoms with E-state index in [0.717, 1.165) is 27.9 Å². The lowest BCUT2D eigenvalue weighted by molar-refractivity contribution is -0.138. The molecule has 1 aromatic rings. The van der Waals surface area contributed by atoms with Crippen LogP contribution in [0.1, 0.15) is 19.3 Å². The van der Waals surface area contributed by atoms with Gasteiger partial charge in [0.15, 0.2) is 0 Å². The first kappa shape index (κ1) is 15.6. The molecular weight excluding hydrogens is 389 g/mol. The zero-order valence-corrected chi connectivity index (χ0v) is 13.9. The second-order valence-electron chi connectivity index (χ2n) is 5.09. The molecule has 0 atom stereocenters. The summed E-state index contributed by atoms with van der Waals surface area (Å²) in [6.45, 7) is 0. The standard InChI is InChI=1S/C14H16INO3S/c15-10-3-1-2-4-11(10)16-12(17)8-20-9-14(5-6-14)7-13(18)19/h1-4H,5-9H2,(H,16,17)(H,18,19). The van der Waals surface area contributed by atoms with E-state index in [4.69, 9.17) is 5.11 Å². The molecule has 0 saturated heterocycles. The summed E-state index contributed by atoms with van der Waals surface area (Å²) in [6, 6.07) is 7.62. The van der Waals surface area contributed by atoms with E-state index in [1.165, 1.54) is 11.8 Å². The molecule has 0 unspecified atom stereocenters. The van der Waals surface area contributed by atoms with Crippen molar-refractivity contribution in [1.82, 2.24) is 0 Å². The minimum atomic E-state index is -0.744. The first-order valence-electron chi connectivity index (χ1n) is 6.35. The molecule has 108 valence electrons. The normalized spacial score (nSPS) is 15.7. The van der Waals surface area contributed by atoms with E-state index < -0.39 is 5.97 Å². The highest BCUT2D eigenvalue weighted by atomic mass is 127. The van der Waals surface area contributed by atoms with Crippen molar-refractivity contribution < 1.29 is 14.7 Å². The number of carbonyl (C=O) groups excluding carboxylic acids is 1. The maximum Gasteiger partial charge on any atom is 0.303 e. The summed E-state index contributed by atoms with van der Waals surface area (Å²) in [6.07, 6.45) is 2.15. The molecule has 0 radical (unpaired) electrons. The highest BCUT2D eigenvalue weighted by Crippen LogP contribution is 2.50. The van der Waals surface area contributed by atoms with E-state index in [2.05, 4.69) is 27.9 Å². The van der Waals surface area contributed by atoms with E-state index >= 15 is 0 Å². The summed E-state index contributed by atoms with van der Waals surface area (Å²) in [5.41, 5.74) is 0.767. The van der Waals surface area contributed by atoms with Crippen LogP contribution in [-0.2, 0) is 9.59 Å². The van der Waals surface area contributed by atoms with Crippen LogP contribution in [-0.4, -0.2) is 28.5 Å². The fourth-order valence-corrected chi connectivity index (χ4v) is 3.68. The Morgan fingerprint density at radius 2 is 2.05 bits per heavy atom. The fourth-order valence-electron chi connectivity index (χ4n) is 1.98. The summed E-state index contributed by atoms with van der Waals surface area (Å²) in [4.78, 5) is 22.6. The van der Waals surface area contributed by atoms with E-state index in [-0.39, 0.29) is 17.7 Å². The van der Waals surface area contributed by atoms with E-state index in [0.29, 0.717) is 5.75 Å². The Kier molecular flexibility index (Phi) is 5.31. The van der Waals surface area contributed by atoms with Crippen molar-refractivity contribution in [2.24, 2.45) is 5.41 Å². The first-order valence-corrected chi connectivity index (χ1v) is 8.58. The van der Waals surface area contributed by atoms with Crippen LogP contribution in [0.25, 0.3) is 0 Å². The number of benzene rings is 1. The number of hydrogen-bond acceptors (Lipinski definition) is 3. The van der Waals surface area contributed by atoms with Crippen molar-refractivity contribution >= 4 is 51.9 Å². The third-order valence-corrected chi connectivity index (χ3v) is 5.50. The van der Waals surface area contributed by atoms with Gasteiger partial charge in [-0.2, -0.15) is 11.8 Å². The van der Waals surface area contributed by atoms with Crippen molar-refractivity contribution in [2.45, 2.75) is 19.3 Å². The van der Waals surface area contributed by atoms with Gasteiger partial charge in [0.25, 0.3) is 0 Å². The summed E-state index contributed by atoms with van der Waals surface area (Å²) >= 11 is 3.70. The zero-order chi connectivity index (χ0) is 14.6. The predicted molar refractivity (Wildman–Crippen MR) is 89.0 cm³/mol. The van der Waals surface area contributed by atoms with Gasteiger partial charge in [0, 0.05) is 3.57 Å². The number of anilines is 1. The lowest BCUT2D eigenvalue weighted by atomic mass is 10.1. The number of carboxylic acids is 1. The smallest absolute Gasteiger partial charge is 0.303 e. The largest absolute Gasteiger partial charge is 0.481 e. The van der Waals surface area contributed by atoms with Crippen LogP contribution in [0, 0.1) is 8.99 Å². The maximum absolute atomic E-state index is 11.8. The quantitative estimate of drug-likeness (QED) is 0.684. The highest BCUT2D eigenvalue weighted by molar-refractivity contribution is 14.1. The number of hydrogen-bond donors (Lipinski definition) is 2. The first-order chi connectivity index (χ1) is 9.51. The molecule has 1 saturated carbocycles. The average molecular weight is 405 g/mol. The van der Waals surface area contributed by atoms with Gasteiger partial charge >= 0.3 is 5.97 Å². The van der Waals surface area contributed by atoms with Crippen LogP contribution < -0.4 is 5.32 Å². The second-order valence-corrected chi connectivity index (χ2v) is 7.24. The Labute approximate surface area is 135 Å². The Bertz CT molecular complexity index is 517. The lowest BCUT2D eigenvalue weighted by Gasteiger charge is -2.12. The number of carbonyl (C=O) groups is 2. The molecule has 0 bridgehead atoms. The Morgan fingerprint density at radius 3 is 2.65 bits per heavy atom. The molecular formula is C14H16INO3S. The molecule has 6 heteroatoms. The molecule has 20 heavy (non-hydrogen) atoms. The van der Waals surface area contributed by atoms with E-state index in [1.807, 2.05) is 24.3 Å². The van der Waals surface area contributed by atoms with Gasteiger partial charge in [0.1, 0.15) is 0 Å². The Hall–Kier alpha value is -0.760. The number of nitrogens with one attached hydrogen (secondary N) is 1. The molecule has 0 spiro atoms. The molecule has 0 aliphatic heterocycles. The third kappa shape index (κ3) is 4.66. The second kappa shape index (κ2) is 6.80. The SMILES string of the molecule is O=C(O)CC1(CSCC(=O)Nc2ccccc2I)CC1. The van der Waals surface area contributed by atoms with Crippen LogP contribution in [0.4, 0.5) is 5.69 Å². The van der Waals surface area contributed by atoms with Gasteiger partial charge in [0.05, 0.1) is 17.9 Å². The Balaban J connectivity index is 1.74. The van der Waals surface area contributed by atoms with Crippen LogP contribution in [0.15, 0.2) is 24.3 Å². The maximum atomic E-state index is 11.8. The fraction of sp³-hybridized carbons (Fsp3) is 0.429. The summed E-state index contributed by atoms with van der Waals surface area (Å²) in [7, 11) is 0. The van der Waals surface area contributed by atoms with Crippen molar-refractivity contribution in [3.63, 3.8) is 0 Å². The number of rotatable bonds is 7. The van der Waals surface area contributed by atoms with Gasteiger partial charge in [0.2, 0.25) is 5.91 Å². The van der Waals surface area contributed by atoms with Crippen molar-refractivity contribution in [1.29, 1.82) is 0 Å². The van der Waals surface area contributed by atoms with E-state index in [1.54, 1.807) is 0 Å². The molecule has 1 amide bonds. The Morgan fingerprint density at radius 1 is 1.35 bits per heavy atom. The zero-order valence-electron chi connectivity index (χ0n) is 10.9. The summed E-state index contributed by atoms with van der Waals surface area (Å²) in [5.74, 6) is 0.335. The molecule has 0 aromatic heterocycles. The molecule has 1 aliphatic carbocycles. The minimum absolute atomic E-state index is 0.0368. The van der Waals surface area contributed by atoms with Crippen molar-refractivity contribution in [2.75, 3.05) is 16.8 Å². The average Bonchev–Trinajstić information content (AvgIpc) is 3.11. The van der Waals surface area contributed by atoms with Gasteiger partial charge in [-0.3, -0.25) is 9.59 Å². The van der Waals surface area contributed by atoms with Crippen LogP contribution in [0.3, 0.4) is 0 Å². The van der Waals surface area contributed by atoms with Crippen LogP contribution in [0.5, 0.6) is 0 Å². The molecule has 2 rings (SSSR count). The lowest BCUT2D eigenvalue weighted by Crippen LogP contribution is -2.17. The number of para-hydroxylation sites is 1.